The van der Waals surface area contributed by atoms with Gasteiger partial charge in [0.25, 0.3) is 5.91 Å². The third kappa shape index (κ3) is 2.74. The Labute approximate surface area is 129 Å². The largest absolute Gasteiger partial charge is 0.450 e. The van der Waals surface area contributed by atoms with Crippen molar-refractivity contribution < 1.29 is 18.7 Å². The summed E-state index contributed by atoms with van der Waals surface area (Å²) in [6.07, 6.45) is 0.525. The molecule has 1 aliphatic heterocycles. The number of amides is 1. The Balaban J connectivity index is 1.80. The number of rotatable bonds is 3. The second kappa shape index (κ2) is 6.10. The number of hydrogen-bond acceptors (Lipinski definition) is 4. The number of hydrogen-bond donors (Lipinski definition) is 1. The van der Waals surface area contributed by atoms with Crippen LogP contribution in [0.25, 0.3) is 11.0 Å². The van der Waals surface area contributed by atoms with Crippen LogP contribution in [0.4, 0.5) is 0 Å². The van der Waals surface area contributed by atoms with Gasteiger partial charge in [0, 0.05) is 10.9 Å². The van der Waals surface area contributed by atoms with Gasteiger partial charge in [-0.1, -0.05) is 12.1 Å². The SMILES string of the molecule is Cc1ccc(C)c2c(C)c(C(=O)NCC3OCCCO3)oc12. The molecule has 0 radical (unpaired) electrons. The van der Waals surface area contributed by atoms with Crippen LogP contribution < -0.4 is 5.32 Å². The van der Waals surface area contributed by atoms with Crippen LogP contribution in [-0.4, -0.2) is 32.0 Å². The molecule has 0 aliphatic carbocycles. The molecule has 0 unspecified atom stereocenters. The van der Waals surface area contributed by atoms with Crippen LogP contribution in [0, 0.1) is 20.8 Å². The zero-order valence-electron chi connectivity index (χ0n) is 13.2. The van der Waals surface area contributed by atoms with Crippen LogP contribution in [0.5, 0.6) is 0 Å². The van der Waals surface area contributed by atoms with Crippen LogP contribution in [0.3, 0.4) is 0 Å². The lowest BCUT2D eigenvalue weighted by Crippen LogP contribution is -2.38. The minimum Gasteiger partial charge on any atom is -0.450 e. The molecule has 1 aromatic carbocycles. The molecular formula is C17H21NO4. The lowest BCUT2D eigenvalue weighted by atomic mass is 10.0. The number of ether oxygens (including phenoxy) is 2. The first-order valence-corrected chi connectivity index (χ1v) is 7.58. The Bertz CT molecular complexity index is 698. The van der Waals surface area contributed by atoms with E-state index >= 15 is 0 Å². The minimum absolute atomic E-state index is 0.231. The zero-order valence-corrected chi connectivity index (χ0v) is 13.2. The summed E-state index contributed by atoms with van der Waals surface area (Å²) in [6, 6.07) is 4.05. The molecule has 0 bridgehead atoms. The molecule has 118 valence electrons. The lowest BCUT2D eigenvalue weighted by molar-refractivity contribution is -0.174. The molecule has 1 aliphatic rings. The summed E-state index contributed by atoms with van der Waals surface area (Å²) in [6.45, 7) is 7.59. The maximum atomic E-state index is 12.4. The second-order valence-corrected chi connectivity index (χ2v) is 5.69. The van der Waals surface area contributed by atoms with E-state index in [0.717, 1.165) is 34.1 Å². The normalized spacial score (nSPS) is 16.1. The van der Waals surface area contributed by atoms with E-state index in [0.29, 0.717) is 25.5 Å². The molecule has 0 spiro atoms. The Morgan fingerprint density at radius 1 is 1.18 bits per heavy atom. The van der Waals surface area contributed by atoms with E-state index in [9.17, 15) is 4.79 Å². The van der Waals surface area contributed by atoms with E-state index in [1.54, 1.807) is 0 Å². The number of furan rings is 1. The summed E-state index contributed by atoms with van der Waals surface area (Å²) >= 11 is 0. The van der Waals surface area contributed by atoms with Gasteiger partial charge >= 0.3 is 0 Å². The van der Waals surface area contributed by atoms with Gasteiger partial charge in [-0.2, -0.15) is 0 Å². The van der Waals surface area contributed by atoms with Gasteiger partial charge in [-0.3, -0.25) is 4.79 Å². The molecular weight excluding hydrogens is 282 g/mol. The van der Waals surface area contributed by atoms with E-state index in [1.165, 1.54) is 0 Å². The number of carbonyl (C=O) groups is 1. The van der Waals surface area contributed by atoms with Gasteiger partial charge in [0.15, 0.2) is 12.1 Å². The van der Waals surface area contributed by atoms with Crippen molar-refractivity contribution in [2.24, 2.45) is 0 Å². The fourth-order valence-corrected chi connectivity index (χ4v) is 2.80. The highest BCUT2D eigenvalue weighted by Gasteiger charge is 2.21. The lowest BCUT2D eigenvalue weighted by Gasteiger charge is -2.23. The Kier molecular flexibility index (Phi) is 4.18. The molecule has 2 heterocycles. The molecule has 2 aromatic rings. The van der Waals surface area contributed by atoms with Crippen LogP contribution in [0.15, 0.2) is 16.5 Å². The second-order valence-electron chi connectivity index (χ2n) is 5.69. The molecule has 1 amide bonds. The predicted octanol–water partition coefficient (Wildman–Crippen LogP) is 2.85. The van der Waals surface area contributed by atoms with Crippen molar-refractivity contribution in [1.29, 1.82) is 0 Å². The van der Waals surface area contributed by atoms with Gasteiger partial charge in [0.05, 0.1) is 19.8 Å². The molecule has 0 saturated carbocycles. The van der Waals surface area contributed by atoms with Gasteiger partial charge < -0.3 is 19.2 Å². The summed E-state index contributed by atoms with van der Waals surface area (Å²) in [5.41, 5.74) is 3.80. The van der Waals surface area contributed by atoms with Crippen molar-refractivity contribution in [1.82, 2.24) is 5.32 Å². The molecule has 1 N–H and O–H groups in total. The Morgan fingerprint density at radius 2 is 1.86 bits per heavy atom. The summed E-state index contributed by atoms with van der Waals surface area (Å²) in [7, 11) is 0. The standard InChI is InChI=1S/C17H21NO4/c1-10-5-6-11(2)15-14(10)12(3)16(22-15)17(19)18-9-13-20-7-4-8-21-13/h5-6,13H,4,7-9H2,1-3H3,(H,18,19). The molecule has 5 nitrogen and oxygen atoms in total. The van der Waals surface area contributed by atoms with Gasteiger partial charge in [0.2, 0.25) is 0 Å². The smallest absolute Gasteiger partial charge is 0.287 e. The average molecular weight is 303 g/mol. The van der Waals surface area contributed by atoms with Crippen molar-refractivity contribution in [3.8, 4) is 0 Å². The highest BCUT2D eigenvalue weighted by atomic mass is 16.7. The highest BCUT2D eigenvalue weighted by Crippen LogP contribution is 2.30. The van der Waals surface area contributed by atoms with Crippen molar-refractivity contribution in [3.63, 3.8) is 0 Å². The monoisotopic (exact) mass is 303 g/mol. The van der Waals surface area contributed by atoms with Crippen molar-refractivity contribution in [2.75, 3.05) is 19.8 Å². The average Bonchev–Trinajstić information content (AvgIpc) is 2.89. The Morgan fingerprint density at radius 3 is 2.55 bits per heavy atom. The first-order valence-electron chi connectivity index (χ1n) is 7.58. The van der Waals surface area contributed by atoms with Crippen LogP contribution in [-0.2, 0) is 9.47 Å². The van der Waals surface area contributed by atoms with Crippen LogP contribution in [0.2, 0.25) is 0 Å². The van der Waals surface area contributed by atoms with Gasteiger partial charge in [-0.25, -0.2) is 0 Å². The minimum atomic E-state index is -0.370. The first kappa shape index (κ1) is 15.1. The topological polar surface area (TPSA) is 60.7 Å². The fraction of sp³-hybridized carbons (Fsp3) is 0.471. The van der Waals surface area contributed by atoms with Gasteiger partial charge in [-0.05, 0) is 38.3 Å². The maximum absolute atomic E-state index is 12.4. The fourth-order valence-electron chi connectivity index (χ4n) is 2.80. The van der Waals surface area contributed by atoms with Crippen LogP contribution in [0.1, 0.15) is 33.7 Å². The van der Waals surface area contributed by atoms with E-state index in [4.69, 9.17) is 13.9 Å². The molecule has 5 heteroatoms. The van der Waals surface area contributed by atoms with E-state index < -0.39 is 0 Å². The maximum Gasteiger partial charge on any atom is 0.287 e. The summed E-state index contributed by atoms with van der Waals surface area (Å²) in [5.74, 6) is 0.133. The van der Waals surface area contributed by atoms with E-state index in [1.807, 2.05) is 32.9 Å². The van der Waals surface area contributed by atoms with Crippen molar-refractivity contribution in [2.45, 2.75) is 33.5 Å². The molecule has 0 atom stereocenters. The van der Waals surface area contributed by atoms with E-state index in [2.05, 4.69) is 5.32 Å². The predicted molar refractivity (Wildman–Crippen MR) is 83.1 cm³/mol. The number of benzene rings is 1. The van der Waals surface area contributed by atoms with Gasteiger partial charge in [0.1, 0.15) is 5.58 Å². The van der Waals surface area contributed by atoms with Gasteiger partial charge in [-0.15, -0.1) is 0 Å². The quantitative estimate of drug-likeness (QED) is 0.947. The van der Waals surface area contributed by atoms with Crippen molar-refractivity contribution in [3.05, 3.63) is 34.6 Å². The highest BCUT2D eigenvalue weighted by molar-refractivity contribution is 6.00. The van der Waals surface area contributed by atoms with Crippen LogP contribution >= 0.6 is 0 Å². The third-order valence-electron chi connectivity index (χ3n) is 4.01. The first-order chi connectivity index (χ1) is 10.6. The summed E-state index contributed by atoms with van der Waals surface area (Å²) < 4.78 is 16.7. The number of fused-ring (bicyclic) bond motifs is 1. The molecule has 1 saturated heterocycles. The number of carbonyl (C=O) groups excluding carboxylic acids is 1. The molecule has 22 heavy (non-hydrogen) atoms. The summed E-state index contributed by atoms with van der Waals surface area (Å²) in [5, 5.41) is 3.85. The molecule has 3 rings (SSSR count). The Hall–Kier alpha value is -1.85. The zero-order chi connectivity index (χ0) is 15.7. The van der Waals surface area contributed by atoms with E-state index in [-0.39, 0.29) is 12.2 Å². The third-order valence-corrected chi connectivity index (χ3v) is 4.01. The number of nitrogens with one attached hydrogen (secondary N) is 1. The molecule has 1 aromatic heterocycles. The molecule has 1 fully saturated rings. The summed E-state index contributed by atoms with van der Waals surface area (Å²) in [4.78, 5) is 12.4. The van der Waals surface area contributed by atoms with Crippen molar-refractivity contribution >= 4 is 16.9 Å². The number of aryl methyl sites for hydroxylation is 3.